The number of halogens is 1. The van der Waals surface area contributed by atoms with Gasteiger partial charge in [-0.15, -0.1) is 0 Å². The molecular formula is C28H24FN3O6S. The van der Waals surface area contributed by atoms with Crippen LogP contribution in [0.5, 0.6) is 5.75 Å². The molecule has 0 unspecified atom stereocenters. The minimum Gasteiger partial charge on any atom is -0.483 e. The second-order valence-corrected chi connectivity index (χ2v) is 11.1. The Morgan fingerprint density at radius 1 is 1.13 bits per heavy atom. The van der Waals surface area contributed by atoms with Crippen LogP contribution in [0.4, 0.5) is 10.1 Å². The van der Waals surface area contributed by atoms with Gasteiger partial charge >= 0.3 is 5.97 Å². The molecule has 0 fully saturated rings. The SMILES string of the molecule is CS(=O)(=O)CNc1cc2oc(-c3ccc(F)cc3)c(C(=O)O)c2cc1OCc1nccn1Cc1ccccc1. The molecule has 0 saturated carbocycles. The second-order valence-electron chi connectivity index (χ2n) is 8.96. The summed E-state index contributed by atoms with van der Waals surface area (Å²) < 4.78 is 51.1. The molecule has 11 heteroatoms. The van der Waals surface area contributed by atoms with Crippen molar-refractivity contribution >= 4 is 32.5 Å². The van der Waals surface area contributed by atoms with E-state index in [1.54, 1.807) is 6.20 Å². The van der Waals surface area contributed by atoms with Crippen molar-refractivity contribution < 1.29 is 31.9 Å². The number of fused-ring (bicyclic) bond motifs is 1. The van der Waals surface area contributed by atoms with Crippen molar-refractivity contribution in [2.75, 3.05) is 17.4 Å². The van der Waals surface area contributed by atoms with E-state index in [1.807, 2.05) is 41.1 Å². The number of furan rings is 1. The maximum atomic E-state index is 13.5. The van der Waals surface area contributed by atoms with E-state index in [0.717, 1.165) is 11.8 Å². The Kier molecular flexibility index (Phi) is 7.07. The van der Waals surface area contributed by atoms with Gasteiger partial charge in [0.2, 0.25) is 0 Å². The Labute approximate surface area is 223 Å². The van der Waals surface area contributed by atoms with Gasteiger partial charge in [0, 0.05) is 42.2 Å². The lowest BCUT2D eigenvalue weighted by atomic mass is 10.0. The summed E-state index contributed by atoms with van der Waals surface area (Å²) in [5, 5.41) is 13.1. The number of nitrogens with zero attached hydrogens (tertiary/aromatic N) is 2. The molecule has 9 nitrogen and oxygen atoms in total. The lowest BCUT2D eigenvalue weighted by Crippen LogP contribution is -2.14. The van der Waals surface area contributed by atoms with Crippen LogP contribution in [0.15, 0.2) is 83.5 Å². The fourth-order valence-corrected chi connectivity index (χ4v) is 4.57. The smallest absolute Gasteiger partial charge is 0.340 e. The molecule has 0 aliphatic rings. The molecule has 3 aromatic carbocycles. The number of anilines is 1. The molecule has 5 rings (SSSR count). The molecule has 0 radical (unpaired) electrons. The summed E-state index contributed by atoms with van der Waals surface area (Å²) in [7, 11) is -3.40. The lowest BCUT2D eigenvalue weighted by Gasteiger charge is -2.14. The minimum absolute atomic E-state index is 0.0317. The Morgan fingerprint density at radius 2 is 1.87 bits per heavy atom. The highest BCUT2D eigenvalue weighted by atomic mass is 32.2. The topological polar surface area (TPSA) is 124 Å². The van der Waals surface area contributed by atoms with Crippen LogP contribution in [-0.4, -0.2) is 41.2 Å². The predicted octanol–water partition coefficient (Wildman–Crippen LogP) is 5.17. The molecule has 2 N–H and O–H groups in total. The van der Waals surface area contributed by atoms with Crippen LogP contribution >= 0.6 is 0 Å². The number of nitrogens with one attached hydrogen (secondary N) is 1. The number of benzene rings is 3. The van der Waals surface area contributed by atoms with Gasteiger partial charge in [-0.05, 0) is 35.9 Å². The number of carboxylic acids is 1. The maximum Gasteiger partial charge on any atom is 0.340 e. The van der Waals surface area contributed by atoms with Gasteiger partial charge in [-0.1, -0.05) is 30.3 Å². The molecule has 0 spiro atoms. The number of aromatic nitrogens is 2. The number of rotatable bonds is 10. The van der Waals surface area contributed by atoms with Gasteiger partial charge in [0.1, 0.15) is 46.8 Å². The molecule has 0 atom stereocenters. The van der Waals surface area contributed by atoms with Crippen LogP contribution in [0, 0.1) is 5.82 Å². The van der Waals surface area contributed by atoms with Crippen LogP contribution in [0.2, 0.25) is 0 Å². The van der Waals surface area contributed by atoms with E-state index < -0.39 is 21.6 Å². The molecule has 200 valence electrons. The van der Waals surface area contributed by atoms with Gasteiger partial charge in [0.25, 0.3) is 0 Å². The zero-order chi connectivity index (χ0) is 27.6. The predicted molar refractivity (Wildman–Crippen MR) is 144 cm³/mol. The van der Waals surface area contributed by atoms with Crippen molar-refractivity contribution in [3.63, 3.8) is 0 Å². The molecular weight excluding hydrogens is 525 g/mol. The number of carboxylic acid groups (broad SMARTS) is 1. The van der Waals surface area contributed by atoms with Crippen LogP contribution < -0.4 is 10.1 Å². The number of sulfone groups is 1. The van der Waals surface area contributed by atoms with Crippen molar-refractivity contribution in [3.8, 4) is 17.1 Å². The van der Waals surface area contributed by atoms with Crippen LogP contribution in [0.3, 0.4) is 0 Å². The van der Waals surface area contributed by atoms with Gasteiger partial charge in [-0.25, -0.2) is 22.6 Å². The highest BCUT2D eigenvalue weighted by molar-refractivity contribution is 7.90. The van der Waals surface area contributed by atoms with Crippen LogP contribution in [-0.2, 0) is 23.0 Å². The van der Waals surface area contributed by atoms with Gasteiger partial charge in [0.15, 0.2) is 9.84 Å². The van der Waals surface area contributed by atoms with E-state index in [2.05, 4.69) is 10.3 Å². The summed E-state index contributed by atoms with van der Waals surface area (Å²) in [6, 6.07) is 18.1. The van der Waals surface area contributed by atoms with Crippen molar-refractivity contribution in [3.05, 3.63) is 102 Å². The number of hydrogen-bond donors (Lipinski definition) is 2. The summed E-state index contributed by atoms with van der Waals surface area (Å²) in [6.45, 7) is 0.605. The molecule has 0 amide bonds. The zero-order valence-corrected chi connectivity index (χ0v) is 21.6. The van der Waals surface area contributed by atoms with E-state index in [0.29, 0.717) is 23.6 Å². The third-order valence-corrected chi connectivity index (χ3v) is 6.66. The van der Waals surface area contributed by atoms with Crippen molar-refractivity contribution in [1.29, 1.82) is 0 Å². The molecule has 39 heavy (non-hydrogen) atoms. The van der Waals surface area contributed by atoms with Crippen molar-refractivity contribution in [2.24, 2.45) is 0 Å². The van der Waals surface area contributed by atoms with Crippen molar-refractivity contribution in [2.45, 2.75) is 13.2 Å². The molecule has 5 aromatic rings. The number of ether oxygens (including phenoxy) is 1. The van der Waals surface area contributed by atoms with E-state index >= 15 is 0 Å². The highest BCUT2D eigenvalue weighted by Crippen LogP contribution is 2.39. The van der Waals surface area contributed by atoms with E-state index in [9.17, 15) is 22.7 Å². The molecule has 2 heterocycles. The quantitative estimate of drug-likeness (QED) is 0.244. The minimum atomic E-state index is -3.40. The number of aromatic carboxylic acids is 1. The van der Waals surface area contributed by atoms with Crippen LogP contribution in [0.1, 0.15) is 21.7 Å². The van der Waals surface area contributed by atoms with Gasteiger partial charge in [-0.2, -0.15) is 0 Å². The summed E-state index contributed by atoms with van der Waals surface area (Å²) in [5.74, 6) is -1.22. The average molecular weight is 550 g/mol. The van der Waals surface area contributed by atoms with Gasteiger partial charge < -0.3 is 24.1 Å². The third kappa shape index (κ3) is 5.93. The fourth-order valence-electron chi connectivity index (χ4n) is 4.15. The Morgan fingerprint density at radius 3 is 2.56 bits per heavy atom. The monoisotopic (exact) mass is 549 g/mol. The van der Waals surface area contributed by atoms with E-state index in [1.165, 1.54) is 36.4 Å². The first kappa shape index (κ1) is 26.0. The first-order valence-corrected chi connectivity index (χ1v) is 13.9. The first-order chi connectivity index (χ1) is 18.7. The van der Waals surface area contributed by atoms with Gasteiger partial charge in [0.05, 0.1) is 5.69 Å². The number of hydrogen-bond acceptors (Lipinski definition) is 7. The maximum absolute atomic E-state index is 13.5. The lowest BCUT2D eigenvalue weighted by molar-refractivity contribution is 0.0699. The Hall–Kier alpha value is -4.64. The van der Waals surface area contributed by atoms with Gasteiger partial charge in [-0.3, -0.25) is 0 Å². The van der Waals surface area contributed by atoms with E-state index in [4.69, 9.17) is 9.15 Å². The summed E-state index contributed by atoms with van der Waals surface area (Å²) in [4.78, 5) is 16.6. The standard InChI is InChI=1S/C28H24FN3O6S/c1-39(35,36)17-31-22-14-23-21(26(28(33)34)27(38-23)19-7-9-20(29)10-8-19)13-24(22)37-16-25-30-11-12-32(25)15-18-5-3-2-4-6-18/h2-14,31H,15-17H2,1H3,(H,33,34). The third-order valence-electron chi connectivity index (χ3n) is 5.99. The second kappa shape index (κ2) is 10.6. The number of carbonyl (C=O) groups is 1. The number of imidazole rings is 1. The molecule has 0 aliphatic carbocycles. The molecule has 0 bridgehead atoms. The summed E-state index contributed by atoms with van der Waals surface area (Å²) in [5.41, 5.74) is 1.82. The zero-order valence-electron chi connectivity index (χ0n) is 20.8. The first-order valence-electron chi connectivity index (χ1n) is 11.9. The summed E-state index contributed by atoms with van der Waals surface area (Å²) in [6.07, 6.45) is 4.56. The average Bonchev–Trinajstić information content (AvgIpc) is 3.50. The summed E-state index contributed by atoms with van der Waals surface area (Å²) >= 11 is 0. The van der Waals surface area contributed by atoms with Crippen LogP contribution in [0.25, 0.3) is 22.3 Å². The highest BCUT2D eigenvalue weighted by Gasteiger charge is 2.24. The van der Waals surface area contributed by atoms with Crippen molar-refractivity contribution in [1.82, 2.24) is 9.55 Å². The normalized spacial score (nSPS) is 11.5. The largest absolute Gasteiger partial charge is 0.483 e. The Balaban J connectivity index is 1.53. The Bertz CT molecular complexity index is 1750. The van der Waals surface area contributed by atoms with E-state index in [-0.39, 0.29) is 40.5 Å². The molecule has 0 saturated heterocycles. The fraction of sp³-hybridized carbons (Fsp3) is 0.143. The molecule has 2 aromatic heterocycles. The molecule has 0 aliphatic heterocycles.